The van der Waals surface area contributed by atoms with E-state index in [1.54, 1.807) is 6.20 Å². The van der Waals surface area contributed by atoms with Gasteiger partial charge in [0.05, 0.1) is 18.3 Å². The highest BCUT2D eigenvalue weighted by Gasteiger charge is 2.15. The summed E-state index contributed by atoms with van der Waals surface area (Å²) in [7, 11) is 1.88. The number of aromatic nitrogens is 2. The zero-order valence-electron chi connectivity index (χ0n) is 9.57. The van der Waals surface area contributed by atoms with Crippen molar-refractivity contribution in [3.05, 3.63) is 18.0 Å². The normalized spacial score (nSPS) is 20.2. The second-order valence-electron chi connectivity index (χ2n) is 3.86. The van der Waals surface area contributed by atoms with E-state index in [0.717, 1.165) is 25.0 Å². The zero-order chi connectivity index (χ0) is 11.2. The van der Waals surface area contributed by atoms with E-state index < -0.39 is 0 Å². The summed E-state index contributed by atoms with van der Waals surface area (Å²) in [6, 6.07) is 0. The van der Waals surface area contributed by atoms with Crippen molar-refractivity contribution in [2.45, 2.75) is 25.5 Å². The Kier molecular flexibility index (Phi) is 3.97. The molecule has 0 aromatic carbocycles. The Morgan fingerprint density at radius 3 is 3.31 bits per heavy atom. The highest BCUT2D eigenvalue weighted by molar-refractivity contribution is 5.30. The molecule has 1 aliphatic rings. The van der Waals surface area contributed by atoms with Crippen molar-refractivity contribution in [2.24, 2.45) is 0 Å². The van der Waals surface area contributed by atoms with E-state index in [0.29, 0.717) is 6.54 Å². The summed E-state index contributed by atoms with van der Waals surface area (Å²) in [6.45, 7) is 1.54. The van der Waals surface area contributed by atoms with Crippen LogP contribution in [-0.2, 0) is 4.74 Å². The van der Waals surface area contributed by atoms with Crippen LogP contribution in [0.25, 0.3) is 0 Å². The lowest BCUT2D eigenvalue weighted by Gasteiger charge is -2.22. The Morgan fingerprint density at radius 2 is 2.56 bits per heavy atom. The third-order valence-electron chi connectivity index (χ3n) is 2.55. The quantitative estimate of drug-likeness (QED) is 0.758. The SMILES string of the molecule is CNCC#Cc1cnn([C@@H]2CCCCO2)c1. The molecule has 1 aromatic rings. The van der Waals surface area contributed by atoms with Gasteiger partial charge in [-0.05, 0) is 26.3 Å². The van der Waals surface area contributed by atoms with Crippen LogP contribution in [0, 0.1) is 11.8 Å². The molecule has 1 N–H and O–H groups in total. The Labute approximate surface area is 96.0 Å². The number of hydrogen-bond donors (Lipinski definition) is 1. The molecule has 2 rings (SSSR count). The minimum absolute atomic E-state index is 0.105. The Hall–Kier alpha value is -1.31. The molecule has 4 heteroatoms. The summed E-state index contributed by atoms with van der Waals surface area (Å²) in [4.78, 5) is 0. The van der Waals surface area contributed by atoms with E-state index >= 15 is 0 Å². The maximum Gasteiger partial charge on any atom is 0.150 e. The minimum atomic E-state index is 0.105. The van der Waals surface area contributed by atoms with Gasteiger partial charge in [-0.15, -0.1) is 0 Å². The molecule has 1 atom stereocenters. The maximum atomic E-state index is 5.64. The van der Waals surface area contributed by atoms with Gasteiger partial charge < -0.3 is 10.1 Å². The summed E-state index contributed by atoms with van der Waals surface area (Å²) in [5, 5.41) is 7.27. The average molecular weight is 219 g/mol. The first-order chi connectivity index (χ1) is 7.90. The first-order valence-electron chi connectivity index (χ1n) is 5.69. The lowest BCUT2D eigenvalue weighted by atomic mass is 10.2. The van der Waals surface area contributed by atoms with Crippen LogP contribution in [0.3, 0.4) is 0 Å². The molecule has 0 aliphatic carbocycles. The standard InChI is InChI=1S/C12H17N3O/c1-13-7-4-5-11-9-14-15(10-11)12-6-2-3-8-16-12/h9-10,12-13H,2-3,6-8H2,1H3/t12-/m0/s1. The van der Waals surface area contributed by atoms with Crippen molar-refractivity contribution in [1.82, 2.24) is 15.1 Å². The van der Waals surface area contributed by atoms with E-state index in [-0.39, 0.29) is 6.23 Å². The molecular weight excluding hydrogens is 202 g/mol. The highest BCUT2D eigenvalue weighted by atomic mass is 16.5. The van der Waals surface area contributed by atoms with Crippen LogP contribution in [0.2, 0.25) is 0 Å². The topological polar surface area (TPSA) is 39.1 Å². The van der Waals surface area contributed by atoms with E-state index in [2.05, 4.69) is 22.3 Å². The first-order valence-corrected chi connectivity index (χ1v) is 5.69. The molecule has 4 nitrogen and oxygen atoms in total. The van der Waals surface area contributed by atoms with Crippen molar-refractivity contribution in [1.29, 1.82) is 0 Å². The molecule has 1 aliphatic heterocycles. The van der Waals surface area contributed by atoms with Gasteiger partial charge in [-0.2, -0.15) is 5.10 Å². The Bertz CT molecular complexity index is 382. The summed E-state index contributed by atoms with van der Waals surface area (Å²) in [5.74, 6) is 6.07. The third kappa shape index (κ3) is 2.84. The van der Waals surface area contributed by atoms with Gasteiger partial charge in [-0.3, -0.25) is 0 Å². The fourth-order valence-corrected chi connectivity index (χ4v) is 1.73. The molecule has 0 radical (unpaired) electrons. The molecule has 0 amide bonds. The van der Waals surface area contributed by atoms with Crippen molar-refractivity contribution in [3.8, 4) is 11.8 Å². The first kappa shape index (κ1) is 11.2. The van der Waals surface area contributed by atoms with Crippen LogP contribution >= 0.6 is 0 Å². The fraction of sp³-hybridized carbons (Fsp3) is 0.583. The van der Waals surface area contributed by atoms with Crippen molar-refractivity contribution in [2.75, 3.05) is 20.2 Å². The molecule has 86 valence electrons. The van der Waals surface area contributed by atoms with Crippen LogP contribution in [0.1, 0.15) is 31.1 Å². The van der Waals surface area contributed by atoms with Gasteiger partial charge >= 0.3 is 0 Å². The van der Waals surface area contributed by atoms with Crippen molar-refractivity contribution >= 4 is 0 Å². The Balaban J connectivity index is 1.99. The smallest absolute Gasteiger partial charge is 0.150 e. The number of nitrogens with zero attached hydrogens (tertiary/aromatic N) is 2. The van der Waals surface area contributed by atoms with E-state index in [1.165, 1.54) is 6.42 Å². The summed E-state index contributed by atoms with van der Waals surface area (Å²) >= 11 is 0. The maximum absolute atomic E-state index is 5.64. The van der Waals surface area contributed by atoms with Crippen LogP contribution in [0.15, 0.2) is 12.4 Å². The van der Waals surface area contributed by atoms with Crippen molar-refractivity contribution in [3.63, 3.8) is 0 Å². The van der Waals surface area contributed by atoms with E-state index in [1.807, 2.05) is 17.9 Å². The second kappa shape index (κ2) is 5.69. The second-order valence-corrected chi connectivity index (χ2v) is 3.86. The number of ether oxygens (including phenoxy) is 1. The minimum Gasteiger partial charge on any atom is -0.357 e. The molecule has 0 unspecified atom stereocenters. The molecule has 1 saturated heterocycles. The van der Waals surface area contributed by atoms with Gasteiger partial charge in [0.15, 0.2) is 0 Å². The highest BCUT2D eigenvalue weighted by Crippen LogP contribution is 2.21. The van der Waals surface area contributed by atoms with E-state index in [9.17, 15) is 0 Å². The van der Waals surface area contributed by atoms with Gasteiger partial charge in [-0.1, -0.05) is 11.8 Å². The third-order valence-corrected chi connectivity index (χ3v) is 2.55. The molecular formula is C12H17N3O. The van der Waals surface area contributed by atoms with Crippen LogP contribution in [0.5, 0.6) is 0 Å². The van der Waals surface area contributed by atoms with E-state index in [4.69, 9.17) is 4.74 Å². The average Bonchev–Trinajstić information content (AvgIpc) is 2.79. The molecule has 0 saturated carbocycles. The van der Waals surface area contributed by atoms with Gasteiger partial charge in [0.1, 0.15) is 6.23 Å². The van der Waals surface area contributed by atoms with Crippen LogP contribution in [0.4, 0.5) is 0 Å². The number of rotatable bonds is 2. The number of hydrogen-bond acceptors (Lipinski definition) is 3. The molecule has 0 bridgehead atoms. The van der Waals surface area contributed by atoms with Crippen molar-refractivity contribution < 1.29 is 4.74 Å². The number of nitrogens with one attached hydrogen (secondary N) is 1. The van der Waals surface area contributed by atoms with Gasteiger partial charge in [0.25, 0.3) is 0 Å². The predicted molar refractivity (Wildman–Crippen MR) is 61.9 cm³/mol. The zero-order valence-corrected chi connectivity index (χ0v) is 9.57. The largest absolute Gasteiger partial charge is 0.357 e. The van der Waals surface area contributed by atoms with Gasteiger partial charge in [-0.25, -0.2) is 4.68 Å². The molecule has 16 heavy (non-hydrogen) atoms. The monoisotopic (exact) mass is 219 g/mol. The Morgan fingerprint density at radius 1 is 1.62 bits per heavy atom. The molecule has 1 aromatic heterocycles. The lowest BCUT2D eigenvalue weighted by molar-refractivity contribution is -0.0395. The summed E-state index contributed by atoms with van der Waals surface area (Å²) < 4.78 is 7.52. The predicted octanol–water partition coefficient (Wildman–Crippen LogP) is 1.15. The van der Waals surface area contributed by atoms with Gasteiger partial charge in [0, 0.05) is 12.8 Å². The lowest BCUT2D eigenvalue weighted by Crippen LogP contribution is -2.18. The van der Waals surface area contributed by atoms with Crippen LogP contribution < -0.4 is 5.32 Å². The molecule has 0 spiro atoms. The molecule has 2 heterocycles. The van der Waals surface area contributed by atoms with Gasteiger partial charge in [0.2, 0.25) is 0 Å². The fourth-order valence-electron chi connectivity index (χ4n) is 1.73. The summed E-state index contributed by atoms with van der Waals surface area (Å²) in [6.07, 6.45) is 7.27. The summed E-state index contributed by atoms with van der Waals surface area (Å²) in [5.41, 5.74) is 0.949. The molecule has 1 fully saturated rings. The van der Waals surface area contributed by atoms with Crippen LogP contribution in [-0.4, -0.2) is 30.0 Å².